The summed E-state index contributed by atoms with van der Waals surface area (Å²) in [6.45, 7) is 5.42. The van der Waals surface area contributed by atoms with Crippen molar-refractivity contribution >= 4 is 35.1 Å². The predicted molar refractivity (Wildman–Crippen MR) is 124 cm³/mol. The van der Waals surface area contributed by atoms with Gasteiger partial charge >= 0.3 is 17.6 Å². The van der Waals surface area contributed by atoms with Crippen LogP contribution < -0.4 is 10.4 Å². The Morgan fingerprint density at radius 2 is 1.59 bits per heavy atom. The molecule has 0 saturated carbocycles. The highest BCUT2D eigenvalue weighted by Crippen LogP contribution is 2.32. The molecule has 0 bridgehead atoms. The number of carbonyl (C=O) groups is 2. The van der Waals surface area contributed by atoms with Crippen LogP contribution >= 0.6 is 23.2 Å². The topological polar surface area (TPSA) is 96.7 Å². The summed E-state index contributed by atoms with van der Waals surface area (Å²) in [5.74, 6) is -1.17. The molecule has 0 spiro atoms. The molecule has 1 saturated heterocycles. The van der Waals surface area contributed by atoms with Gasteiger partial charge in [0.1, 0.15) is 5.76 Å². The van der Waals surface area contributed by atoms with Gasteiger partial charge in [0, 0.05) is 28.2 Å². The summed E-state index contributed by atoms with van der Waals surface area (Å²) < 4.78 is 17.7. The van der Waals surface area contributed by atoms with E-state index in [1.165, 1.54) is 22.9 Å². The van der Waals surface area contributed by atoms with Crippen molar-refractivity contribution in [2.75, 3.05) is 0 Å². The highest BCUT2D eigenvalue weighted by Gasteiger charge is 2.35. The lowest BCUT2D eigenvalue weighted by molar-refractivity contribution is 0.0368. The van der Waals surface area contributed by atoms with E-state index in [0.717, 1.165) is 0 Å². The largest absolute Gasteiger partial charge is 0.471 e. The zero-order valence-corrected chi connectivity index (χ0v) is 19.4. The van der Waals surface area contributed by atoms with Crippen molar-refractivity contribution in [3.05, 3.63) is 104 Å². The number of hydrogen-bond donors (Lipinski definition) is 0. The van der Waals surface area contributed by atoms with E-state index in [-0.39, 0.29) is 23.6 Å². The van der Waals surface area contributed by atoms with E-state index in [1.54, 1.807) is 43.3 Å². The van der Waals surface area contributed by atoms with Crippen molar-refractivity contribution in [1.29, 1.82) is 0 Å². The van der Waals surface area contributed by atoms with Crippen LogP contribution in [-0.2, 0) is 9.47 Å². The predicted octanol–water partition coefficient (Wildman–Crippen LogP) is 4.74. The molecular formula is C24H18Cl2N2O6. The van der Waals surface area contributed by atoms with Crippen molar-refractivity contribution in [3.63, 3.8) is 0 Å². The fraction of sp³-hybridized carbons (Fsp3) is 0.167. The first-order chi connectivity index (χ1) is 16.2. The first-order valence-electron chi connectivity index (χ1n) is 10.1. The molecule has 8 nitrogen and oxygen atoms in total. The van der Waals surface area contributed by atoms with Gasteiger partial charge in [-0.3, -0.25) is 4.57 Å². The van der Waals surface area contributed by atoms with Gasteiger partial charge in [0.2, 0.25) is 5.88 Å². The van der Waals surface area contributed by atoms with E-state index in [0.29, 0.717) is 21.2 Å². The first kappa shape index (κ1) is 23.5. The van der Waals surface area contributed by atoms with Crippen LogP contribution in [0.5, 0.6) is 5.88 Å². The number of benzene rings is 2. The third-order valence-electron chi connectivity index (χ3n) is 5.06. The van der Waals surface area contributed by atoms with Gasteiger partial charge in [-0.25, -0.2) is 14.4 Å². The van der Waals surface area contributed by atoms with Gasteiger partial charge in [0.25, 0.3) is 0 Å². The highest BCUT2D eigenvalue weighted by atomic mass is 35.5. The molecule has 2 heterocycles. The quantitative estimate of drug-likeness (QED) is 0.466. The average Bonchev–Trinajstić information content (AvgIpc) is 3.16. The van der Waals surface area contributed by atoms with E-state index < -0.39 is 30.0 Å². The number of rotatable bonds is 5. The molecule has 0 N–H and O–H groups in total. The number of nitrogens with zero attached hydrogens (tertiary/aromatic N) is 2. The lowest BCUT2D eigenvalue weighted by atomic mass is 10.2. The molecule has 4 rings (SSSR count). The van der Waals surface area contributed by atoms with Crippen LogP contribution in [0.15, 0.2) is 71.9 Å². The molecule has 3 aromatic rings. The maximum absolute atomic E-state index is 12.6. The molecule has 174 valence electrons. The number of aryl methyl sites for hydroxylation is 1. The summed E-state index contributed by atoms with van der Waals surface area (Å²) in [7, 11) is 0. The molecular weight excluding hydrogens is 483 g/mol. The number of halogens is 2. The van der Waals surface area contributed by atoms with Gasteiger partial charge in [-0.05, 0) is 55.5 Å². The molecule has 34 heavy (non-hydrogen) atoms. The standard InChI is InChI=1S/C24H18Cl2N2O6/c1-13-12-28(24(31)27-21(13)34-23(30)16-5-9-18(26)10-6-16)20-11-19(14(2)32-20)33-22(29)15-3-7-17(25)8-4-15/h3-10,12,19-20H,2,11H2,1H3. The molecule has 10 heteroatoms. The van der Waals surface area contributed by atoms with Crippen LogP contribution in [0.1, 0.15) is 38.9 Å². The minimum atomic E-state index is -0.796. The van der Waals surface area contributed by atoms with Crippen LogP contribution in [0.3, 0.4) is 0 Å². The maximum Gasteiger partial charge on any atom is 0.353 e. The Hall–Kier alpha value is -3.62. The summed E-state index contributed by atoms with van der Waals surface area (Å²) in [4.78, 5) is 41.3. The molecule has 0 amide bonds. The number of hydrogen-bond acceptors (Lipinski definition) is 7. The Morgan fingerprint density at radius 3 is 2.18 bits per heavy atom. The monoisotopic (exact) mass is 500 g/mol. The van der Waals surface area contributed by atoms with Gasteiger partial charge in [-0.15, -0.1) is 0 Å². The van der Waals surface area contributed by atoms with Crippen molar-refractivity contribution in [2.45, 2.75) is 25.7 Å². The lowest BCUT2D eigenvalue weighted by Gasteiger charge is -2.15. The number of aromatic nitrogens is 2. The van der Waals surface area contributed by atoms with E-state index in [1.807, 2.05) is 0 Å². The van der Waals surface area contributed by atoms with E-state index in [9.17, 15) is 14.4 Å². The molecule has 0 radical (unpaired) electrons. The molecule has 0 aliphatic carbocycles. The van der Waals surface area contributed by atoms with Gasteiger partial charge in [0.15, 0.2) is 12.3 Å². The van der Waals surface area contributed by atoms with Crippen LogP contribution in [-0.4, -0.2) is 27.6 Å². The smallest absolute Gasteiger partial charge is 0.353 e. The van der Waals surface area contributed by atoms with E-state index in [4.69, 9.17) is 37.4 Å². The average molecular weight is 501 g/mol. The number of ether oxygens (including phenoxy) is 3. The summed E-state index contributed by atoms with van der Waals surface area (Å²) in [6, 6.07) is 12.4. The van der Waals surface area contributed by atoms with Crippen LogP contribution in [0, 0.1) is 6.92 Å². The van der Waals surface area contributed by atoms with Crippen molar-refractivity contribution in [2.24, 2.45) is 0 Å². The molecule has 2 aromatic carbocycles. The Kier molecular flexibility index (Phi) is 6.72. The van der Waals surface area contributed by atoms with Gasteiger partial charge in [-0.1, -0.05) is 29.8 Å². The second-order valence-corrected chi connectivity index (χ2v) is 8.36. The van der Waals surface area contributed by atoms with Gasteiger partial charge < -0.3 is 14.2 Å². The minimum absolute atomic E-state index is 0.122. The lowest BCUT2D eigenvalue weighted by Crippen LogP contribution is -2.28. The summed E-state index contributed by atoms with van der Waals surface area (Å²) in [6.07, 6.45) is 0.0579. The third-order valence-corrected chi connectivity index (χ3v) is 5.56. The second kappa shape index (κ2) is 9.70. The van der Waals surface area contributed by atoms with Crippen molar-refractivity contribution < 1.29 is 23.8 Å². The molecule has 2 unspecified atom stereocenters. The van der Waals surface area contributed by atoms with Crippen molar-refractivity contribution in [3.8, 4) is 5.88 Å². The summed E-state index contributed by atoms with van der Waals surface area (Å²) in [5.41, 5.74) is 0.308. The van der Waals surface area contributed by atoms with Crippen LogP contribution in [0.4, 0.5) is 0 Å². The summed E-state index contributed by atoms with van der Waals surface area (Å²) in [5, 5.41) is 0.971. The Morgan fingerprint density at radius 1 is 1.03 bits per heavy atom. The zero-order chi connectivity index (χ0) is 24.4. The molecule has 1 fully saturated rings. The maximum atomic E-state index is 12.6. The van der Waals surface area contributed by atoms with Gasteiger partial charge in [-0.2, -0.15) is 4.98 Å². The SMILES string of the molecule is C=C1OC(n2cc(C)c(OC(=O)c3ccc(Cl)cc3)nc2=O)CC1OC(=O)c1ccc(Cl)cc1. The Bertz CT molecular complexity index is 1320. The van der Waals surface area contributed by atoms with Gasteiger partial charge in [0.05, 0.1) is 11.1 Å². The number of carbonyl (C=O) groups excluding carboxylic acids is 2. The Labute approximate surface area is 204 Å². The molecule has 1 aliphatic heterocycles. The van der Waals surface area contributed by atoms with Crippen LogP contribution in [0.25, 0.3) is 0 Å². The van der Waals surface area contributed by atoms with Crippen LogP contribution in [0.2, 0.25) is 10.0 Å². The second-order valence-electron chi connectivity index (χ2n) is 7.49. The fourth-order valence-electron chi connectivity index (χ4n) is 3.27. The summed E-state index contributed by atoms with van der Waals surface area (Å²) >= 11 is 11.7. The highest BCUT2D eigenvalue weighted by molar-refractivity contribution is 6.31. The first-order valence-corrected chi connectivity index (χ1v) is 10.9. The Balaban J connectivity index is 1.46. The minimum Gasteiger partial charge on any atom is -0.471 e. The normalized spacial score (nSPS) is 17.2. The zero-order valence-electron chi connectivity index (χ0n) is 17.9. The molecule has 1 aromatic heterocycles. The molecule has 1 aliphatic rings. The molecule has 2 atom stereocenters. The fourth-order valence-corrected chi connectivity index (χ4v) is 3.53. The van der Waals surface area contributed by atoms with Crippen molar-refractivity contribution in [1.82, 2.24) is 9.55 Å². The van der Waals surface area contributed by atoms with E-state index in [2.05, 4.69) is 11.6 Å². The third kappa shape index (κ3) is 5.13. The number of esters is 2. The van der Waals surface area contributed by atoms with E-state index >= 15 is 0 Å².